The summed E-state index contributed by atoms with van der Waals surface area (Å²) in [4.78, 5) is 17.5. The summed E-state index contributed by atoms with van der Waals surface area (Å²) in [5.74, 6) is -0.196. The standard InChI is InChI=1S/C12H17BrN2O3S/c1-4-19(17,18)8-9(2)15(3)12(16)10-5-11(13)7-14-6-10/h5-7,9H,4,8H2,1-3H3. The quantitative estimate of drug-likeness (QED) is 0.812. The molecule has 0 fully saturated rings. The first kappa shape index (κ1) is 16.1. The number of rotatable bonds is 5. The van der Waals surface area contributed by atoms with Gasteiger partial charge in [-0.15, -0.1) is 0 Å². The van der Waals surface area contributed by atoms with Crippen molar-refractivity contribution in [1.82, 2.24) is 9.88 Å². The van der Waals surface area contributed by atoms with E-state index in [9.17, 15) is 13.2 Å². The Balaban J connectivity index is 2.83. The van der Waals surface area contributed by atoms with Crippen LogP contribution in [0.4, 0.5) is 0 Å². The minimum atomic E-state index is -3.11. The molecule has 0 bridgehead atoms. The SMILES string of the molecule is CCS(=O)(=O)CC(C)N(C)C(=O)c1cncc(Br)c1. The predicted molar refractivity (Wildman–Crippen MR) is 77.8 cm³/mol. The zero-order valence-electron chi connectivity index (χ0n) is 11.1. The molecule has 1 rings (SSSR count). The van der Waals surface area contributed by atoms with Crippen LogP contribution in [-0.4, -0.2) is 48.8 Å². The van der Waals surface area contributed by atoms with E-state index in [1.165, 1.54) is 11.1 Å². The molecule has 0 radical (unpaired) electrons. The summed E-state index contributed by atoms with van der Waals surface area (Å²) < 4.78 is 23.8. The maximum atomic E-state index is 12.2. The highest BCUT2D eigenvalue weighted by Gasteiger charge is 2.22. The third-order valence-electron chi connectivity index (χ3n) is 2.87. The summed E-state index contributed by atoms with van der Waals surface area (Å²) in [7, 11) is -1.51. The van der Waals surface area contributed by atoms with Crippen LogP contribution in [0.1, 0.15) is 24.2 Å². The Kier molecular flexibility index (Phi) is 5.49. The number of sulfone groups is 1. The Labute approximate surface area is 122 Å². The maximum absolute atomic E-state index is 12.2. The number of halogens is 1. The Bertz CT molecular complexity index is 560. The van der Waals surface area contributed by atoms with E-state index in [0.29, 0.717) is 10.0 Å². The number of nitrogens with zero attached hydrogens (tertiary/aromatic N) is 2. The lowest BCUT2D eigenvalue weighted by molar-refractivity contribution is 0.0756. The Hall–Kier alpha value is -0.950. The zero-order valence-corrected chi connectivity index (χ0v) is 13.5. The lowest BCUT2D eigenvalue weighted by atomic mass is 10.2. The van der Waals surface area contributed by atoms with Gasteiger partial charge in [0, 0.05) is 35.7 Å². The van der Waals surface area contributed by atoms with Crippen LogP contribution in [-0.2, 0) is 9.84 Å². The van der Waals surface area contributed by atoms with Gasteiger partial charge in [-0.05, 0) is 28.9 Å². The van der Waals surface area contributed by atoms with Crippen LogP contribution in [0.5, 0.6) is 0 Å². The van der Waals surface area contributed by atoms with Crippen LogP contribution >= 0.6 is 15.9 Å². The second-order valence-electron chi connectivity index (χ2n) is 4.36. The van der Waals surface area contributed by atoms with Gasteiger partial charge in [-0.25, -0.2) is 8.42 Å². The van der Waals surface area contributed by atoms with Gasteiger partial charge in [-0.2, -0.15) is 0 Å². The van der Waals surface area contributed by atoms with E-state index in [2.05, 4.69) is 20.9 Å². The molecule has 0 aliphatic heterocycles. The second kappa shape index (κ2) is 6.47. The van der Waals surface area contributed by atoms with Crippen LogP contribution in [0.25, 0.3) is 0 Å². The molecule has 0 aliphatic rings. The van der Waals surface area contributed by atoms with Crippen LogP contribution in [0, 0.1) is 0 Å². The topological polar surface area (TPSA) is 67.3 Å². The van der Waals surface area contributed by atoms with Gasteiger partial charge < -0.3 is 4.90 Å². The summed E-state index contributed by atoms with van der Waals surface area (Å²) >= 11 is 3.25. The van der Waals surface area contributed by atoms with Crippen LogP contribution in [0.3, 0.4) is 0 Å². The molecule has 0 aliphatic carbocycles. The average molecular weight is 349 g/mol. The van der Waals surface area contributed by atoms with Crippen molar-refractivity contribution in [2.45, 2.75) is 19.9 Å². The average Bonchev–Trinajstić information content (AvgIpc) is 2.36. The molecule has 7 heteroatoms. The molecule has 0 spiro atoms. The van der Waals surface area contributed by atoms with E-state index in [-0.39, 0.29) is 23.5 Å². The second-order valence-corrected chi connectivity index (χ2v) is 7.67. The Morgan fingerprint density at radius 1 is 1.47 bits per heavy atom. The molecular weight excluding hydrogens is 332 g/mol. The zero-order chi connectivity index (χ0) is 14.6. The van der Waals surface area contributed by atoms with E-state index in [1.807, 2.05) is 0 Å². The molecule has 5 nitrogen and oxygen atoms in total. The molecule has 106 valence electrons. The lowest BCUT2D eigenvalue weighted by Gasteiger charge is -2.24. The molecule has 1 atom stereocenters. The van der Waals surface area contributed by atoms with E-state index in [4.69, 9.17) is 0 Å². The highest BCUT2D eigenvalue weighted by Crippen LogP contribution is 2.13. The van der Waals surface area contributed by atoms with Gasteiger partial charge in [-0.1, -0.05) is 6.92 Å². The number of pyridine rings is 1. The first-order chi connectivity index (χ1) is 8.76. The summed E-state index contributed by atoms with van der Waals surface area (Å²) in [5.41, 5.74) is 0.428. The van der Waals surface area contributed by atoms with Crippen LogP contribution in [0.2, 0.25) is 0 Å². The largest absolute Gasteiger partial charge is 0.338 e. The van der Waals surface area contributed by atoms with Crippen molar-refractivity contribution in [3.05, 3.63) is 28.5 Å². The summed E-state index contributed by atoms with van der Waals surface area (Å²) in [6.45, 7) is 3.32. The first-order valence-corrected chi connectivity index (χ1v) is 8.46. The van der Waals surface area contributed by atoms with Gasteiger partial charge in [0.05, 0.1) is 11.3 Å². The van der Waals surface area contributed by atoms with Crippen LogP contribution < -0.4 is 0 Å². The third kappa shape index (κ3) is 4.58. The number of hydrogen-bond acceptors (Lipinski definition) is 4. The molecule has 1 unspecified atom stereocenters. The van der Waals surface area contributed by atoms with Gasteiger partial charge in [0.1, 0.15) is 0 Å². The Morgan fingerprint density at radius 3 is 2.63 bits per heavy atom. The fraction of sp³-hybridized carbons (Fsp3) is 0.500. The van der Waals surface area contributed by atoms with E-state index in [1.54, 1.807) is 33.2 Å². The van der Waals surface area contributed by atoms with Crippen molar-refractivity contribution in [3.63, 3.8) is 0 Å². The smallest absolute Gasteiger partial charge is 0.255 e. The normalized spacial score (nSPS) is 13.1. The highest BCUT2D eigenvalue weighted by atomic mass is 79.9. The van der Waals surface area contributed by atoms with Crippen molar-refractivity contribution in [2.24, 2.45) is 0 Å². The number of carbonyl (C=O) groups is 1. The van der Waals surface area contributed by atoms with Gasteiger partial charge in [0.2, 0.25) is 0 Å². The maximum Gasteiger partial charge on any atom is 0.255 e. The molecule has 19 heavy (non-hydrogen) atoms. The fourth-order valence-electron chi connectivity index (χ4n) is 1.53. The summed E-state index contributed by atoms with van der Waals surface area (Å²) in [5, 5.41) is 0. The lowest BCUT2D eigenvalue weighted by Crippen LogP contribution is -2.39. The van der Waals surface area contributed by atoms with Gasteiger partial charge in [0.15, 0.2) is 9.84 Å². The first-order valence-electron chi connectivity index (χ1n) is 5.85. The number of hydrogen-bond donors (Lipinski definition) is 0. The molecular formula is C12H17BrN2O3S. The Morgan fingerprint density at radius 2 is 2.11 bits per heavy atom. The molecule has 1 aromatic heterocycles. The third-order valence-corrected chi connectivity index (χ3v) is 5.17. The van der Waals surface area contributed by atoms with Crippen molar-refractivity contribution in [1.29, 1.82) is 0 Å². The van der Waals surface area contributed by atoms with Gasteiger partial charge >= 0.3 is 0 Å². The number of amides is 1. The molecule has 0 saturated carbocycles. The van der Waals surface area contributed by atoms with E-state index in [0.717, 1.165) is 0 Å². The van der Waals surface area contributed by atoms with E-state index < -0.39 is 9.84 Å². The van der Waals surface area contributed by atoms with E-state index >= 15 is 0 Å². The molecule has 1 heterocycles. The van der Waals surface area contributed by atoms with Crippen molar-refractivity contribution >= 4 is 31.7 Å². The van der Waals surface area contributed by atoms with Gasteiger partial charge in [0.25, 0.3) is 5.91 Å². The molecule has 0 aromatic carbocycles. The highest BCUT2D eigenvalue weighted by molar-refractivity contribution is 9.10. The molecule has 0 N–H and O–H groups in total. The van der Waals surface area contributed by atoms with Gasteiger partial charge in [-0.3, -0.25) is 9.78 Å². The minimum absolute atomic E-state index is 0.0346. The summed E-state index contributed by atoms with van der Waals surface area (Å²) in [6, 6.07) is 1.28. The molecule has 0 saturated heterocycles. The van der Waals surface area contributed by atoms with Crippen LogP contribution in [0.15, 0.2) is 22.9 Å². The number of aromatic nitrogens is 1. The monoisotopic (exact) mass is 348 g/mol. The fourth-order valence-corrected chi connectivity index (χ4v) is 3.09. The predicted octanol–water partition coefficient (Wildman–Crippen LogP) is 1.74. The molecule has 1 aromatic rings. The van der Waals surface area contributed by atoms with Crippen molar-refractivity contribution in [3.8, 4) is 0 Å². The number of carbonyl (C=O) groups excluding carboxylic acids is 1. The minimum Gasteiger partial charge on any atom is -0.338 e. The summed E-state index contributed by atoms with van der Waals surface area (Å²) in [6.07, 6.45) is 3.05. The van der Waals surface area contributed by atoms with Crippen molar-refractivity contribution in [2.75, 3.05) is 18.6 Å². The van der Waals surface area contributed by atoms with Crippen molar-refractivity contribution < 1.29 is 13.2 Å². The molecule has 1 amide bonds.